The molecule has 1 heterocycles. The zero-order valence-electron chi connectivity index (χ0n) is 12.3. The molecule has 2 aliphatic rings. The summed E-state index contributed by atoms with van der Waals surface area (Å²) in [7, 11) is -3.34. The van der Waals surface area contributed by atoms with E-state index in [0.29, 0.717) is 44.8 Å². The average Bonchev–Trinajstić information content (AvgIpc) is 3.26. The number of hydrogen-bond donors (Lipinski definition) is 2. The van der Waals surface area contributed by atoms with E-state index in [4.69, 9.17) is 4.74 Å². The number of nitrogens with one attached hydrogen (secondary N) is 2. The van der Waals surface area contributed by atoms with Gasteiger partial charge in [0.25, 0.3) is 10.2 Å². The number of rotatable bonds is 9. The van der Waals surface area contributed by atoms with Crippen LogP contribution in [0.15, 0.2) is 0 Å². The Morgan fingerprint density at radius 2 is 2.10 bits per heavy atom. The predicted octanol–water partition coefficient (Wildman–Crippen LogP) is 0.321. The Bertz CT molecular complexity index is 384. The molecule has 2 rings (SSSR count). The molecule has 0 radical (unpaired) electrons. The average molecular weight is 305 g/mol. The highest BCUT2D eigenvalue weighted by Gasteiger charge is 2.29. The normalized spacial score (nSPS) is 24.9. The summed E-state index contributed by atoms with van der Waals surface area (Å²) >= 11 is 0. The van der Waals surface area contributed by atoms with Crippen molar-refractivity contribution in [3.05, 3.63) is 0 Å². The Labute approximate surface area is 122 Å². The molecule has 7 heteroatoms. The highest BCUT2D eigenvalue weighted by molar-refractivity contribution is 7.87. The van der Waals surface area contributed by atoms with E-state index in [1.807, 2.05) is 6.92 Å². The third-order valence-corrected chi connectivity index (χ3v) is 5.41. The third kappa shape index (κ3) is 5.29. The molecule has 6 nitrogen and oxygen atoms in total. The summed E-state index contributed by atoms with van der Waals surface area (Å²) in [4.78, 5) is 0. The van der Waals surface area contributed by atoms with Crippen molar-refractivity contribution in [3.63, 3.8) is 0 Å². The first-order valence-corrected chi connectivity index (χ1v) is 9.11. The molecule has 1 atom stereocenters. The number of nitrogens with zero attached hydrogens (tertiary/aromatic N) is 1. The van der Waals surface area contributed by atoms with Crippen molar-refractivity contribution in [2.24, 2.45) is 5.92 Å². The Morgan fingerprint density at radius 1 is 1.30 bits per heavy atom. The smallest absolute Gasteiger partial charge is 0.279 e. The van der Waals surface area contributed by atoms with Gasteiger partial charge in [-0.3, -0.25) is 0 Å². The van der Waals surface area contributed by atoms with Gasteiger partial charge in [0.2, 0.25) is 0 Å². The van der Waals surface area contributed by atoms with Gasteiger partial charge in [-0.25, -0.2) is 0 Å². The van der Waals surface area contributed by atoms with Gasteiger partial charge in [0, 0.05) is 32.3 Å². The molecular weight excluding hydrogens is 278 g/mol. The van der Waals surface area contributed by atoms with Gasteiger partial charge >= 0.3 is 0 Å². The van der Waals surface area contributed by atoms with E-state index in [2.05, 4.69) is 10.0 Å². The SMILES string of the molecule is CCOCCNS(=O)(=O)N1CCCC(CNC2CC2)C1. The molecule has 1 saturated carbocycles. The molecule has 1 saturated heterocycles. The van der Waals surface area contributed by atoms with Crippen LogP contribution in [0.5, 0.6) is 0 Å². The number of ether oxygens (including phenoxy) is 1. The Hall–Kier alpha value is -0.210. The van der Waals surface area contributed by atoms with Crippen LogP contribution in [-0.4, -0.2) is 58.2 Å². The molecule has 1 unspecified atom stereocenters. The van der Waals surface area contributed by atoms with E-state index in [0.717, 1.165) is 19.4 Å². The monoisotopic (exact) mass is 305 g/mol. The van der Waals surface area contributed by atoms with Gasteiger partial charge < -0.3 is 10.1 Å². The van der Waals surface area contributed by atoms with Crippen LogP contribution in [0.4, 0.5) is 0 Å². The lowest BCUT2D eigenvalue weighted by atomic mass is 10.00. The highest BCUT2D eigenvalue weighted by Crippen LogP contribution is 2.22. The van der Waals surface area contributed by atoms with E-state index in [1.54, 1.807) is 4.31 Å². The van der Waals surface area contributed by atoms with Gasteiger partial charge in [0.1, 0.15) is 0 Å². The molecule has 0 amide bonds. The molecule has 0 bridgehead atoms. The molecular formula is C13H27N3O3S. The van der Waals surface area contributed by atoms with Gasteiger partial charge in [-0.2, -0.15) is 17.4 Å². The molecule has 118 valence electrons. The minimum Gasteiger partial charge on any atom is -0.380 e. The van der Waals surface area contributed by atoms with Crippen LogP contribution in [0.3, 0.4) is 0 Å². The van der Waals surface area contributed by atoms with Crippen molar-refractivity contribution in [3.8, 4) is 0 Å². The van der Waals surface area contributed by atoms with Crippen molar-refractivity contribution in [2.45, 2.75) is 38.6 Å². The van der Waals surface area contributed by atoms with Crippen molar-refractivity contribution in [2.75, 3.05) is 39.4 Å². The minimum atomic E-state index is -3.34. The van der Waals surface area contributed by atoms with Crippen LogP contribution < -0.4 is 10.0 Å². The molecule has 2 N–H and O–H groups in total. The molecule has 0 aromatic heterocycles. The molecule has 0 aromatic carbocycles. The van der Waals surface area contributed by atoms with Crippen LogP contribution in [0.1, 0.15) is 32.6 Å². The standard InChI is InChI=1S/C13H27N3O3S/c1-2-19-9-7-15-20(17,18)16-8-3-4-12(11-16)10-14-13-5-6-13/h12-15H,2-11H2,1H3. The summed E-state index contributed by atoms with van der Waals surface area (Å²) in [5.41, 5.74) is 0. The second-order valence-electron chi connectivity index (χ2n) is 5.65. The largest absolute Gasteiger partial charge is 0.380 e. The van der Waals surface area contributed by atoms with Gasteiger partial charge in [0.15, 0.2) is 0 Å². The van der Waals surface area contributed by atoms with Crippen LogP contribution in [-0.2, 0) is 14.9 Å². The topological polar surface area (TPSA) is 70.7 Å². The van der Waals surface area contributed by atoms with Crippen molar-refractivity contribution >= 4 is 10.2 Å². The van der Waals surface area contributed by atoms with E-state index in [-0.39, 0.29) is 0 Å². The Balaban J connectivity index is 1.74. The second-order valence-corrected chi connectivity index (χ2v) is 7.40. The van der Waals surface area contributed by atoms with Crippen LogP contribution in [0.2, 0.25) is 0 Å². The lowest BCUT2D eigenvalue weighted by molar-refractivity contribution is 0.152. The lowest BCUT2D eigenvalue weighted by Gasteiger charge is -2.32. The van der Waals surface area contributed by atoms with E-state index in [9.17, 15) is 8.42 Å². The molecule has 20 heavy (non-hydrogen) atoms. The lowest BCUT2D eigenvalue weighted by Crippen LogP contribution is -2.48. The van der Waals surface area contributed by atoms with Gasteiger partial charge in [-0.05, 0) is 45.1 Å². The van der Waals surface area contributed by atoms with Crippen molar-refractivity contribution in [1.82, 2.24) is 14.3 Å². The van der Waals surface area contributed by atoms with Gasteiger partial charge in [-0.1, -0.05) is 0 Å². The first-order chi connectivity index (χ1) is 9.62. The number of hydrogen-bond acceptors (Lipinski definition) is 4. The first-order valence-electron chi connectivity index (χ1n) is 7.67. The summed E-state index contributed by atoms with van der Waals surface area (Å²) in [5, 5.41) is 3.50. The quantitative estimate of drug-likeness (QED) is 0.602. The second kappa shape index (κ2) is 7.70. The maximum absolute atomic E-state index is 12.2. The van der Waals surface area contributed by atoms with E-state index >= 15 is 0 Å². The zero-order valence-corrected chi connectivity index (χ0v) is 13.1. The van der Waals surface area contributed by atoms with Crippen molar-refractivity contribution in [1.29, 1.82) is 0 Å². The predicted molar refractivity (Wildman–Crippen MR) is 78.7 cm³/mol. The zero-order chi connectivity index (χ0) is 14.4. The molecule has 0 spiro atoms. The highest BCUT2D eigenvalue weighted by atomic mass is 32.2. The van der Waals surface area contributed by atoms with E-state index in [1.165, 1.54) is 12.8 Å². The fraction of sp³-hybridized carbons (Fsp3) is 1.00. The fourth-order valence-electron chi connectivity index (χ4n) is 2.51. The Kier molecular flexibility index (Phi) is 6.22. The minimum absolute atomic E-state index is 0.345. The summed E-state index contributed by atoms with van der Waals surface area (Å²) in [5.74, 6) is 0.438. The molecule has 2 fully saturated rings. The third-order valence-electron chi connectivity index (χ3n) is 3.83. The summed E-state index contributed by atoms with van der Waals surface area (Å²) < 4.78 is 33.7. The van der Waals surface area contributed by atoms with Crippen molar-refractivity contribution < 1.29 is 13.2 Å². The summed E-state index contributed by atoms with van der Waals surface area (Å²) in [6, 6.07) is 0.686. The van der Waals surface area contributed by atoms with E-state index < -0.39 is 10.2 Å². The first kappa shape index (κ1) is 16.2. The van der Waals surface area contributed by atoms with Crippen LogP contribution in [0.25, 0.3) is 0 Å². The fourth-order valence-corrected chi connectivity index (χ4v) is 3.81. The molecule has 0 aromatic rings. The maximum Gasteiger partial charge on any atom is 0.279 e. The molecule has 1 aliphatic carbocycles. The van der Waals surface area contributed by atoms with Crippen LogP contribution >= 0.6 is 0 Å². The van der Waals surface area contributed by atoms with Crippen LogP contribution in [0, 0.1) is 5.92 Å². The van der Waals surface area contributed by atoms with Gasteiger partial charge in [-0.15, -0.1) is 0 Å². The number of piperidine rings is 1. The van der Waals surface area contributed by atoms with Gasteiger partial charge in [0.05, 0.1) is 6.61 Å². The summed E-state index contributed by atoms with van der Waals surface area (Å²) in [6.45, 7) is 5.48. The Morgan fingerprint density at radius 3 is 2.80 bits per heavy atom. The maximum atomic E-state index is 12.2. The molecule has 1 aliphatic heterocycles. The summed E-state index contributed by atoms with van der Waals surface area (Å²) in [6.07, 6.45) is 4.61.